The van der Waals surface area contributed by atoms with E-state index in [1.807, 2.05) is 6.07 Å². The molecule has 1 aromatic carbocycles. The van der Waals surface area contributed by atoms with Crippen LogP contribution in [0.4, 0.5) is 0 Å². The highest BCUT2D eigenvalue weighted by molar-refractivity contribution is 6.33. The van der Waals surface area contributed by atoms with Crippen molar-refractivity contribution in [1.29, 1.82) is 0 Å². The van der Waals surface area contributed by atoms with Gasteiger partial charge in [-0.25, -0.2) is 0 Å². The maximum Gasteiger partial charge on any atom is 0.180 e. The molecule has 0 aliphatic carbocycles. The summed E-state index contributed by atoms with van der Waals surface area (Å²) in [5, 5.41) is 0.545. The number of nitrogens with two attached hydrogens (primary N) is 1. The predicted molar refractivity (Wildman–Crippen MR) is 83.6 cm³/mol. The number of rotatable bonds is 5. The number of ether oxygens (including phenoxy) is 3. The van der Waals surface area contributed by atoms with Gasteiger partial charge in [-0.1, -0.05) is 11.6 Å². The Morgan fingerprint density at radius 1 is 1.24 bits per heavy atom. The van der Waals surface area contributed by atoms with Crippen LogP contribution in [0.2, 0.25) is 5.02 Å². The van der Waals surface area contributed by atoms with E-state index in [2.05, 4.69) is 11.9 Å². The van der Waals surface area contributed by atoms with E-state index >= 15 is 0 Å². The molecule has 5 nitrogen and oxygen atoms in total. The summed E-state index contributed by atoms with van der Waals surface area (Å²) in [6.45, 7) is 1.63. The fourth-order valence-corrected chi connectivity index (χ4v) is 3.43. The number of hydrogen-bond acceptors (Lipinski definition) is 5. The Morgan fingerprint density at radius 2 is 1.90 bits per heavy atom. The second-order valence-corrected chi connectivity index (χ2v) is 5.71. The average molecular weight is 315 g/mol. The van der Waals surface area contributed by atoms with Crippen LogP contribution in [-0.4, -0.2) is 46.4 Å². The molecule has 21 heavy (non-hydrogen) atoms. The number of halogens is 1. The summed E-state index contributed by atoms with van der Waals surface area (Å²) in [6.07, 6.45) is 0.957. The minimum absolute atomic E-state index is 0.167. The summed E-state index contributed by atoms with van der Waals surface area (Å²) >= 11 is 6.57. The standard InChI is InChI=1S/C15H23ClN2O3/c1-18-8-9(7-17)5-10(18)13-11(19-2)6-12(20-3)15(21-4)14(13)16/h6,9-10H,5,7-8,17H2,1-4H3. The lowest BCUT2D eigenvalue weighted by Gasteiger charge is -2.25. The fraction of sp³-hybridized carbons (Fsp3) is 0.600. The lowest BCUT2D eigenvalue weighted by Crippen LogP contribution is -2.21. The van der Waals surface area contributed by atoms with Crippen LogP contribution in [-0.2, 0) is 0 Å². The van der Waals surface area contributed by atoms with Crippen LogP contribution in [0.5, 0.6) is 17.2 Å². The first kappa shape index (κ1) is 16.2. The zero-order valence-electron chi connectivity index (χ0n) is 13.0. The van der Waals surface area contributed by atoms with Crippen LogP contribution < -0.4 is 19.9 Å². The molecule has 2 N–H and O–H groups in total. The van der Waals surface area contributed by atoms with Gasteiger partial charge < -0.3 is 19.9 Å². The van der Waals surface area contributed by atoms with Gasteiger partial charge >= 0.3 is 0 Å². The first-order chi connectivity index (χ1) is 10.1. The van der Waals surface area contributed by atoms with Gasteiger partial charge in [0.2, 0.25) is 0 Å². The summed E-state index contributed by atoms with van der Waals surface area (Å²) in [5.74, 6) is 2.29. The van der Waals surface area contributed by atoms with Crippen LogP contribution >= 0.6 is 11.6 Å². The van der Waals surface area contributed by atoms with Crippen LogP contribution in [0.3, 0.4) is 0 Å². The van der Waals surface area contributed by atoms with Gasteiger partial charge in [-0.2, -0.15) is 0 Å². The monoisotopic (exact) mass is 314 g/mol. The lowest BCUT2D eigenvalue weighted by molar-refractivity contribution is 0.298. The molecule has 1 aliphatic rings. The highest BCUT2D eigenvalue weighted by atomic mass is 35.5. The minimum atomic E-state index is 0.167. The Kier molecular flexibility index (Phi) is 5.19. The van der Waals surface area contributed by atoms with E-state index in [-0.39, 0.29) is 6.04 Å². The topological polar surface area (TPSA) is 57.0 Å². The van der Waals surface area contributed by atoms with Crippen LogP contribution in [0, 0.1) is 5.92 Å². The van der Waals surface area contributed by atoms with E-state index in [4.69, 9.17) is 31.5 Å². The Morgan fingerprint density at radius 3 is 2.38 bits per heavy atom. The number of benzene rings is 1. The first-order valence-corrected chi connectivity index (χ1v) is 7.33. The smallest absolute Gasteiger partial charge is 0.180 e. The second kappa shape index (κ2) is 6.73. The van der Waals surface area contributed by atoms with Crippen molar-refractivity contribution in [3.05, 3.63) is 16.7 Å². The van der Waals surface area contributed by atoms with E-state index in [0.717, 1.165) is 18.5 Å². The minimum Gasteiger partial charge on any atom is -0.496 e. The molecule has 0 aromatic heterocycles. The molecule has 1 fully saturated rings. The van der Waals surface area contributed by atoms with E-state index in [1.165, 1.54) is 0 Å². The highest BCUT2D eigenvalue weighted by Crippen LogP contribution is 2.49. The molecule has 0 amide bonds. The van der Waals surface area contributed by atoms with Gasteiger partial charge in [0, 0.05) is 24.2 Å². The second-order valence-electron chi connectivity index (χ2n) is 5.33. The molecule has 0 spiro atoms. The summed E-state index contributed by atoms with van der Waals surface area (Å²) < 4.78 is 16.2. The predicted octanol–water partition coefficient (Wildman–Crippen LogP) is 2.32. The largest absolute Gasteiger partial charge is 0.496 e. The molecular weight excluding hydrogens is 292 g/mol. The van der Waals surface area contributed by atoms with Crippen molar-refractivity contribution in [1.82, 2.24) is 4.90 Å². The summed E-state index contributed by atoms with van der Waals surface area (Å²) in [5.41, 5.74) is 6.75. The summed E-state index contributed by atoms with van der Waals surface area (Å²) in [4.78, 5) is 2.26. The average Bonchev–Trinajstić information content (AvgIpc) is 2.86. The lowest BCUT2D eigenvalue weighted by atomic mass is 9.98. The third kappa shape index (κ3) is 2.91. The van der Waals surface area contributed by atoms with Crippen LogP contribution in [0.1, 0.15) is 18.0 Å². The first-order valence-electron chi connectivity index (χ1n) is 6.96. The van der Waals surface area contributed by atoms with E-state index < -0.39 is 0 Å². The number of nitrogens with zero attached hydrogens (tertiary/aromatic N) is 1. The normalized spacial score (nSPS) is 22.4. The Hall–Kier alpha value is -1.17. The van der Waals surface area contributed by atoms with Crippen molar-refractivity contribution in [2.45, 2.75) is 12.5 Å². The summed E-state index contributed by atoms with van der Waals surface area (Å²) in [7, 11) is 6.88. The van der Waals surface area contributed by atoms with Crippen LogP contribution in [0.15, 0.2) is 6.07 Å². The van der Waals surface area contributed by atoms with Crippen molar-refractivity contribution in [3.63, 3.8) is 0 Å². The van der Waals surface area contributed by atoms with E-state index in [0.29, 0.717) is 34.7 Å². The maximum absolute atomic E-state index is 6.57. The van der Waals surface area contributed by atoms with Crippen molar-refractivity contribution >= 4 is 11.6 Å². The zero-order valence-corrected chi connectivity index (χ0v) is 13.7. The molecule has 1 aromatic rings. The molecule has 1 aliphatic heterocycles. The SMILES string of the molecule is COc1cc(OC)c(C2CC(CN)CN2C)c(Cl)c1OC. The zero-order chi connectivity index (χ0) is 15.6. The Bertz CT molecular complexity index is 510. The molecule has 2 atom stereocenters. The van der Waals surface area contributed by atoms with E-state index in [1.54, 1.807) is 21.3 Å². The van der Waals surface area contributed by atoms with Gasteiger partial charge in [-0.15, -0.1) is 0 Å². The van der Waals surface area contributed by atoms with Crippen molar-refractivity contribution < 1.29 is 14.2 Å². The molecule has 1 heterocycles. The Balaban J connectivity index is 2.52. The van der Waals surface area contributed by atoms with Crippen molar-refractivity contribution in [3.8, 4) is 17.2 Å². The Labute approximate surface area is 130 Å². The fourth-order valence-electron chi connectivity index (χ4n) is 3.04. The highest BCUT2D eigenvalue weighted by Gasteiger charge is 2.35. The molecule has 1 saturated heterocycles. The number of hydrogen-bond donors (Lipinski definition) is 1. The molecule has 2 rings (SSSR count). The van der Waals surface area contributed by atoms with Gasteiger partial charge in [0.1, 0.15) is 5.75 Å². The van der Waals surface area contributed by atoms with Crippen LogP contribution in [0.25, 0.3) is 0 Å². The van der Waals surface area contributed by atoms with Gasteiger partial charge in [0.05, 0.1) is 26.4 Å². The van der Waals surface area contributed by atoms with Gasteiger partial charge in [0.15, 0.2) is 11.5 Å². The molecule has 0 saturated carbocycles. The molecule has 6 heteroatoms. The molecule has 118 valence electrons. The van der Waals surface area contributed by atoms with Gasteiger partial charge in [-0.3, -0.25) is 4.90 Å². The third-order valence-electron chi connectivity index (χ3n) is 4.13. The summed E-state index contributed by atoms with van der Waals surface area (Å²) in [6, 6.07) is 1.99. The quantitative estimate of drug-likeness (QED) is 0.904. The number of likely N-dealkylation sites (tertiary alicyclic amines) is 1. The van der Waals surface area contributed by atoms with E-state index in [9.17, 15) is 0 Å². The molecule has 0 radical (unpaired) electrons. The number of methoxy groups -OCH3 is 3. The van der Waals surface area contributed by atoms with Gasteiger partial charge in [0.25, 0.3) is 0 Å². The molecule has 0 bridgehead atoms. The third-order valence-corrected chi connectivity index (χ3v) is 4.51. The van der Waals surface area contributed by atoms with Crippen molar-refractivity contribution in [2.24, 2.45) is 11.7 Å². The maximum atomic E-state index is 6.57. The molecular formula is C15H23ClN2O3. The van der Waals surface area contributed by atoms with Gasteiger partial charge in [-0.05, 0) is 25.9 Å². The molecule has 2 unspecified atom stereocenters. The van der Waals surface area contributed by atoms with Crippen molar-refractivity contribution in [2.75, 3.05) is 41.5 Å².